The minimum atomic E-state index is -0.326. The molecule has 1 atom stereocenters. The van der Waals surface area contributed by atoms with E-state index in [2.05, 4.69) is 34.3 Å². The number of nitrogens with one attached hydrogen (secondary N) is 2. The van der Waals surface area contributed by atoms with Gasteiger partial charge in [0.05, 0.1) is 19.8 Å². The third kappa shape index (κ3) is 4.33. The molecule has 0 saturated carbocycles. The lowest BCUT2D eigenvalue weighted by Gasteiger charge is -2.19. The Morgan fingerprint density at radius 1 is 1.21 bits per heavy atom. The number of ether oxygens (including phenoxy) is 2. The van der Waals surface area contributed by atoms with Gasteiger partial charge in [-0.15, -0.1) is 5.10 Å². The molecular formula is C20H25N5O3. The summed E-state index contributed by atoms with van der Waals surface area (Å²) in [6, 6.07) is 8.88. The summed E-state index contributed by atoms with van der Waals surface area (Å²) < 4.78 is 12.5. The third-order valence-corrected chi connectivity index (χ3v) is 4.37. The van der Waals surface area contributed by atoms with E-state index in [1.165, 1.54) is 0 Å². The summed E-state index contributed by atoms with van der Waals surface area (Å²) in [5.74, 6) is 2.20. The first-order chi connectivity index (χ1) is 13.5. The summed E-state index contributed by atoms with van der Waals surface area (Å²) in [5.41, 5.74) is 0.723. The van der Waals surface area contributed by atoms with Crippen LogP contribution in [0, 0.1) is 5.92 Å². The first-order valence-corrected chi connectivity index (χ1v) is 9.10. The molecule has 0 aliphatic heterocycles. The monoisotopic (exact) mass is 383 g/mol. The number of nitrogens with zero attached hydrogens (tertiary/aromatic N) is 3. The van der Waals surface area contributed by atoms with Crippen molar-refractivity contribution in [1.82, 2.24) is 19.7 Å². The molecule has 2 heterocycles. The Morgan fingerprint density at radius 3 is 2.61 bits per heavy atom. The van der Waals surface area contributed by atoms with Gasteiger partial charge in [0.15, 0.2) is 5.82 Å². The van der Waals surface area contributed by atoms with Crippen molar-refractivity contribution in [2.24, 2.45) is 5.92 Å². The maximum atomic E-state index is 12.8. The summed E-state index contributed by atoms with van der Waals surface area (Å²) in [6.45, 7) is 4.18. The molecule has 0 aliphatic rings. The molecule has 2 aromatic heterocycles. The molecule has 8 heteroatoms. The van der Waals surface area contributed by atoms with Crippen molar-refractivity contribution in [1.29, 1.82) is 0 Å². The molecule has 1 amide bonds. The number of amides is 1. The first-order valence-electron chi connectivity index (χ1n) is 9.10. The van der Waals surface area contributed by atoms with Gasteiger partial charge in [-0.05, 0) is 36.6 Å². The quantitative estimate of drug-likeness (QED) is 0.621. The van der Waals surface area contributed by atoms with Crippen molar-refractivity contribution >= 4 is 11.9 Å². The number of hydrogen-bond donors (Lipinski definition) is 2. The van der Waals surface area contributed by atoms with Crippen LogP contribution in [0.5, 0.6) is 11.5 Å². The van der Waals surface area contributed by atoms with Crippen LogP contribution in [0.25, 0.3) is 11.4 Å². The van der Waals surface area contributed by atoms with E-state index in [1.807, 2.05) is 41.2 Å². The second-order valence-electron chi connectivity index (χ2n) is 6.84. The number of rotatable bonds is 8. The Bertz CT molecular complexity index is 918. The van der Waals surface area contributed by atoms with Gasteiger partial charge < -0.3 is 14.0 Å². The topological polar surface area (TPSA) is 94.1 Å². The van der Waals surface area contributed by atoms with Gasteiger partial charge in [-0.2, -0.15) is 4.98 Å². The standard InChI is InChI=1S/C20H25N5O3/c1-13(2)11-16(25-9-5-6-10-25)19(26)22-20-21-18(23-24-20)15-8-7-14(27-3)12-17(15)28-4/h5-10,12-13,16H,11H2,1-4H3,(H2,21,22,23,24,26). The number of anilines is 1. The fourth-order valence-electron chi connectivity index (χ4n) is 2.99. The average Bonchev–Trinajstić information content (AvgIpc) is 3.37. The molecule has 2 N–H and O–H groups in total. The molecule has 1 unspecified atom stereocenters. The van der Waals surface area contributed by atoms with Crippen LogP contribution < -0.4 is 14.8 Å². The van der Waals surface area contributed by atoms with Gasteiger partial charge >= 0.3 is 0 Å². The Morgan fingerprint density at radius 2 is 1.96 bits per heavy atom. The van der Waals surface area contributed by atoms with Gasteiger partial charge in [-0.3, -0.25) is 15.2 Å². The molecule has 3 aromatic rings. The normalized spacial score (nSPS) is 12.0. The molecule has 0 bridgehead atoms. The molecule has 28 heavy (non-hydrogen) atoms. The lowest BCUT2D eigenvalue weighted by atomic mass is 10.0. The summed E-state index contributed by atoms with van der Waals surface area (Å²) in [7, 11) is 3.17. The van der Waals surface area contributed by atoms with E-state index in [0.717, 1.165) is 5.56 Å². The van der Waals surface area contributed by atoms with Crippen LogP contribution >= 0.6 is 0 Å². The van der Waals surface area contributed by atoms with Crippen molar-refractivity contribution in [3.63, 3.8) is 0 Å². The maximum Gasteiger partial charge on any atom is 0.249 e. The Hall–Kier alpha value is -3.29. The minimum Gasteiger partial charge on any atom is -0.497 e. The van der Waals surface area contributed by atoms with Crippen molar-refractivity contribution in [3.8, 4) is 22.9 Å². The molecule has 0 radical (unpaired) electrons. The van der Waals surface area contributed by atoms with Gasteiger partial charge in [-0.25, -0.2) is 0 Å². The average molecular weight is 383 g/mol. The van der Waals surface area contributed by atoms with E-state index in [4.69, 9.17) is 9.47 Å². The number of aromatic nitrogens is 4. The van der Waals surface area contributed by atoms with Crippen molar-refractivity contribution < 1.29 is 14.3 Å². The van der Waals surface area contributed by atoms with Gasteiger partial charge in [0, 0.05) is 18.5 Å². The van der Waals surface area contributed by atoms with Gasteiger partial charge in [0.1, 0.15) is 17.5 Å². The smallest absolute Gasteiger partial charge is 0.249 e. The number of aromatic amines is 1. The van der Waals surface area contributed by atoms with Crippen molar-refractivity contribution in [2.45, 2.75) is 26.3 Å². The van der Waals surface area contributed by atoms with Crippen LogP contribution in [0.4, 0.5) is 5.95 Å². The molecule has 8 nitrogen and oxygen atoms in total. The lowest BCUT2D eigenvalue weighted by Crippen LogP contribution is -2.27. The van der Waals surface area contributed by atoms with Gasteiger partial charge in [0.25, 0.3) is 0 Å². The zero-order valence-corrected chi connectivity index (χ0v) is 16.5. The van der Waals surface area contributed by atoms with Crippen molar-refractivity contribution in [3.05, 3.63) is 42.7 Å². The highest BCUT2D eigenvalue weighted by atomic mass is 16.5. The Balaban J connectivity index is 1.79. The fraction of sp³-hybridized carbons (Fsp3) is 0.350. The molecular weight excluding hydrogens is 358 g/mol. The first kappa shape index (κ1) is 19.5. The zero-order chi connectivity index (χ0) is 20.1. The second kappa shape index (κ2) is 8.60. The molecule has 0 fully saturated rings. The maximum absolute atomic E-state index is 12.8. The highest BCUT2D eigenvalue weighted by molar-refractivity contribution is 5.92. The predicted octanol–water partition coefficient (Wildman–Crippen LogP) is 3.52. The lowest BCUT2D eigenvalue weighted by molar-refractivity contribution is -0.119. The van der Waals surface area contributed by atoms with E-state index in [9.17, 15) is 4.79 Å². The Kier molecular flexibility index (Phi) is 5.98. The van der Waals surface area contributed by atoms with E-state index < -0.39 is 0 Å². The number of methoxy groups -OCH3 is 2. The van der Waals surface area contributed by atoms with Crippen LogP contribution in [0.1, 0.15) is 26.3 Å². The number of carbonyl (C=O) groups excluding carboxylic acids is 1. The Labute approximate surface area is 163 Å². The van der Waals surface area contributed by atoms with Crippen LogP contribution in [0.15, 0.2) is 42.7 Å². The summed E-state index contributed by atoms with van der Waals surface area (Å²) in [6.07, 6.45) is 4.49. The van der Waals surface area contributed by atoms with Crippen LogP contribution in [-0.2, 0) is 4.79 Å². The van der Waals surface area contributed by atoms with Gasteiger partial charge in [0.2, 0.25) is 11.9 Å². The summed E-state index contributed by atoms with van der Waals surface area (Å²) >= 11 is 0. The number of benzene rings is 1. The summed E-state index contributed by atoms with van der Waals surface area (Å²) in [4.78, 5) is 17.2. The summed E-state index contributed by atoms with van der Waals surface area (Å²) in [5, 5.41) is 9.79. The molecule has 1 aromatic carbocycles. The van der Waals surface area contributed by atoms with Crippen LogP contribution in [-0.4, -0.2) is 39.9 Å². The van der Waals surface area contributed by atoms with Crippen molar-refractivity contribution in [2.75, 3.05) is 19.5 Å². The third-order valence-electron chi connectivity index (χ3n) is 4.37. The second-order valence-corrected chi connectivity index (χ2v) is 6.84. The highest BCUT2D eigenvalue weighted by Crippen LogP contribution is 2.31. The minimum absolute atomic E-state index is 0.155. The van der Waals surface area contributed by atoms with E-state index >= 15 is 0 Å². The number of H-pyrrole nitrogens is 1. The van der Waals surface area contributed by atoms with E-state index in [-0.39, 0.29) is 17.9 Å². The molecule has 3 rings (SSSR count). The van der Waals surface area contributed by atoms with Crippen LogP contribution in [0.2, 0.25) is 0 Å². The van der Waals surface area contributed by atoms with Crippen LogP contribution in [0.3, 0.4) is 0 Å². The number of carbonyl (C=O) groups is 1. The van der Waals surface area contributed by atoms with Gasteiger partial charge in [-0.1, -0.05) is 13.8 Å². The molecule has 0 spiro atoms. The highest BCUT2D eigenvalue weighted by Gasteiger charge is 2.22. The molecule has 0 saturated heterocycles. The predicted molar refractivity (Wildman–Crippen MR) is 106 cm³/mol. The van der Waals surface area contributed by atoms with E-state index in [1.54, 1.807) is 20.3 Å². The number of hydrogen-bond acceptors (Lipinski definition) is 5. The van der Waals surface area contributed by atoms with E-state index in [0.29, 0.717) is 29.7 Å². The SMILES string of the molecule is COc1ccc(-c2nc(NC(=O)C(CC(C)C)n3cccc3)n[nH]2)c(OC)c1. The zero-order valence-electron chi connectivity index (χ0n) is 16.5. The fourth-order valence-corrected chi connectivity index (χ4v) is 2.99. The molecule has 0 aliphatic carbocycles. The molecule has 148 valence electrons. The largest absolute Gasteiger partial charge is 0.497 e.